The lowest BCUT2D eigenvalue weighted by molar-refractivity contribution is -0.113. The molecular weight excluding hydrogens is 362 g/mol. The number of rotatable bonds is 6. The highest BCUT2D eigenvalue weighted by molar-refractivity contribution is 7.99. The van der Waals surface area contributed by atoms with Crippen LogP contribution in [0.5, 0.6) is 5.75 Å². The Kier molecular flexibility index (Phi) is 5.66. The molecule has 8 heteroatoms. The van der Waals surface area contributed by atoms with Crippen LogP contribution in [0.3, 0.4) is 0 Å². The fraction of sp³-hybridized carbons (Fsp3) is 0.211. The molecule has 27 heavy (non-hydrogen) atoms. The van der Waals surface area contributed by atoms with E-state index in [-0.39, 0.29) is 11.7 Å². The first-order chi connectivity index (χ1) is 13.0. The van der Waals surface area contributed by atoms with Crippen molar-refractivity contribution in [3.05, 3.63) is 53.6 Å². The van der Waals surface area contributed by atoms with Gasteiger partial charge >= 0.3 is 0 Å². The zero-order chi connectivity index (χ0) is 19.4. The van der Waals surface area contributed by atoms with Crippen LogP contribution in [0.2, 0.25) is 0 Å². The third-order valence-electron chi connectivity index (χ3n) is 4.14. The maximum absolute atomic E-state index is 12.2. The molecule has 140 valence electrons. The van der Waals surface area contributed by atoms with E-state index >= 15 is 0 Å². The predicted molar refractivity (Wildman–Crippen MR) is 107 cm³/mol. The molecular formula is C19H21N5O2S. The maximum atomic E-state index is 12.2. The molecule has 0 atom stereocenters. The van der Waals surface area contributed by atoms with Crippen LogP contribution in [0.4, 0.5) is 5.69 Å². The van der Waals surface area contributed by atoms with Crippen LogP contribution in [0.25, 0.3) is 11.4 Å². The Morgan fingerprint density at radius 2 is 1.96 bits per heavy atom. The molecule has 3 N–H and O–H groups in total. The Morgan fingerprint density at radius 1 is 1.19 bits per heavy atom. The van der Waals surface area contributed by atoms with Gasteiger partial charge in [-0.2, -0.15) is 0 Å². The van der Waals surface area contributed by atoms with Crippen LogP contribution >= 0.6 is 11.8 Å². The number of hydrogen-bond acceptors (Lipinski definition) is 6. The predicted octanol–water partition coefficient (Wildman–Crippen LogP) is 3.02. The zero-order valence-corrected chi connectivity index (χ0v) is 16.2. The topological polar surface area (TPSA) is 95.1 Å². The lowest BCUT2D eigenvalue weighted by Crippen LogP contribution is -2.16. The number of aromatic nitrogens is 3. The number of nitrogen functional groups attached to an aromatic ring is 1. The monoisotopic (exact) mass is 383 g/mol. The van der Waals surface area contributed by atoms with Crippen LogP contribution < -0.4 is 15.9 Å². The Labute approximate surface area is 161 Å². The summed E-state index contributed by atoms with van der Waals surface area (Å²) in [7, 11) is 1.59. The van der Waals surface area contributed by atoms with Gasteiger partial charge in [0.15, 0.2) is 5.82 Å². The molecule has 0 aliphatic rings. The number of carbonyl (C=O) groups is 1. The Bertz CT molecular complexity index is 970. The van der Waals surface area contributed by atoms with Crippen LogP contribution in [-0.4, -0.2) is 33.6 Å². The van der Waals surface area contributed by atoms with Gasteiger partial charge in [0, 0.05) is 5.69 Å². The number of amides is 1. The summed E-state index contributed by atoms with van der Waals surface area (Å²) in [5, 5.41) is 11.5. The largest absolute Gasteiger partial charge is 0.496 e. The number of thioether (sulfide) groups is 1. The zero-order valence-electron chi connectivity index (χ0n) is 15.4. The van der Waals surface area contributed by atoms with Crippen LogP contribution in [-0.2, 0) is 4.79 Å². The summed E-state index contributed by atoms with van der Waals surface area (Å²) in [4.78, 5) is 12.2. The van der Waals surface area contributed by atoms with Gasteiger partial charge in [-0.25, -0.2) is 4.68 Å². The van der Waals surface area contributed by atoms with E-state index in [0.29, 0.717) is 16.7 Å². The molecule has 0 aliphatic heterocycles. The molecule has 0 fully saturated rings. The number of aryl methyl sites for hydroxylation is 2. The number of ether oxygens (including phenoxy) is 1. The summed E-state index contributed by atoms with van der Waals surface area (Å²) in [6, 6.07) is 13.2. The average molecular weight is 383 g/mol. The minimum absolute atomic E-state index is 0.134. The second-order valence-corrected chi connectivity index (χ2v) is 6.95. The van der Waals surface area contributed by atoms with E-state index in [4.69, 9.17) is 10.6 Å². The van der Waals surface area contributed by atoms with Crippen molar-refractivity contribution < 1.29 is 9.53 Å². The fourth-order valence-electron chi connectivity index (χ4n) is 2.53. The Morgan fingerprint density at radius 3 is 2.70 bits per heavy atom. The minimum atomic E-state index is -0.134. The summed E-state index contributed by atoms with van der Waals surface area (Å²) in [5.41, 5.74) is 3.82. The highest BCUT2D eigenvalue weighted by Gasteiger charge is 2.16. The van der Waals surface area contributed by atoms with Crippen molar-refractivity contribution in [2.24, 2.45) is 0 Å². The number of nitrogens with zero attached hydrogens (tertiary/aromatic N) is 3. The lowest BCUT2D eigenvalue weighted by Gasteiger charge is -2.08. The van der Waals surface area contributed by atoms with Gasteiger partial charge in [-0.05, 0) is 49.2 Å². The van der Waals surface area contributed by atoms with E-state index in [1.54, 1.807) is 7.11 Å². The molecule has 0 radical (unpaired) electrons. The molecule has 0 spiro atoms. The van der Waals surface area contributed by atoms with Crippen molar-refractivity contribution in [2.75, 3.05) is 24.0 Å². The maximum Gasteiger partial charge on any atom is 0.234 e. The number of hydrogen-bond donors (Lipinski definition) is 2. The van der Waals surface area contributed by atoms with Crippen molar-refractivity contribution >= 4 is 23.4 Å². The summed E-state index contributed by atoms with van der Waals surface area (Å²) >= 11 is 1.22. The van der Waals surface area contributed by atoms with Gasteiger partial charge in [0.2, 0.25) is 11.1 Å². The first-order valence-corrected chi connectivity index (χ1v) is 9.32. The normalized spacial score (nSPS) is 10.6. The van der Waals surface area contributed by atoms with Gasteiger partial charge in [-0.15, -0.1) is 10.2 Å². The number of anilines is 1. The summed E-state index contributed by atoms with van der Waals surface area (Å²) in [5.74, 6) is 7.29. The number of carbonyl (C=O) groups excluding carboxylic acids is 1. The fourth-order valence-corrected chi connectivity index (χ4v) is 3.19. The molecule has 1 amide bonds. The smallest absolute Gasteiger partial charge is 0.234 e. The first-order valence-electron chi connectivity index (χ1n) is 8.33. The minimum Gasteiger partial charge on any atom is -0.496 e. The van der Waals surface area contributed by atoms with Crippen molar-refractivity contribution in [3.8, 4) is 17.1 Å². The molecule has 7 nitrogen and oxygen atoms in total. The summed E-state index contributed by atoms with van der Waals surface area (Å²) in [6.07, 6.45) is 0. The molecule has 3 rings (SSSR count). The second kappa shape index (κ2) is 8.13. The van der Waals surface area contributed by atoms with Crippen molar-refractivity contribution in [1.82, 2.24) is 14.9 Å². The van der Waals surface area contributed by atoms with Crippen molar-refractivity contribution in [1.29, 1.82) is 0 Å². The SMILES string of the molecule is COc1ccccc1-c1nnc(SCC(=O)Nc2ccc(C)c(C)c2)n1N. The van der Waals surface area contributed by atoms with Gasteiger partial charge < -0.3 is 15.9 Å². The number of methoxy groups -OCH3 is 1. The van der Waals surface area contributed by atoms with Gasteiger partial charge in [-0.3, -0.25) is 4.79 Å². The highest BCUT2D eigenvalue weighted by atomic mass is 32.2. The standard InChI is InChI=1S/C19H21N5O2S/c1-12-8-9-14(10-13(12)2)21-17(25)11-27-19-23-22-18(24(19)20)15-6-4-5-7-16(15)26-3/h4-10H,11,20H2,1-3H3,(H,21,25). The molecule has 0 aliphatic carbocycles. The molecule has 0 saturated carbocycles. The van der Waals surface area contributed by atoms with E-state index in [2.05, 4.69) is 15.5 Å². The summed E-state index contributed by atoms with van der Waals surface area (Å²) < 4.78 is 6.71. The lowest BCUT2D eigenvalue weighted by atomic mass is 10.1. The quantitative estimate of drug-likeness (QED) is 0.502. The van der Waals surface area contributed by atoms with Gasteiger partial charge in [0.25, 0.3) is 0 Å². The van der Waals surface area contributed by atoms with E-state index in [1.807, 2.05) is 56.3 Å². The molecule has 0 unspecified atom stereocenters. The van der Waals surface area contributed by atoms with E-state index in [9.17, 15) is 4.79 Å². The van der Waals surface area contributed by atoms with Gasteiger partial charge in [0.1, 0.15) is 5.75 Å². The Hall–Kier alpha value is -3.00. The third kappa shape index (κ3) is 4.22. The second-order valence-electron chi connectivity index (χ2n) is 6.01. The average Bonchev–Trinajstić information content (AvgIpc) is 3.03. The molecule has 1 heterocycles. The van der Waals surface area contributed by atoms with Crippen LogP contribution in [0, 0.1) is 13.8 Å². The number of nitrogens with one attached hydrogen (secondary N) is 1. The Balaban J connectivity index is 1.67. The highest BCUT2D eigenvalue weighted by Crippen LogP contribution is 2.29. The molecule has 1 aromatic heterocycles. The summed E-state index contributed by atoms with van der Waals surface area (Å²) in [6.45, 7) is 4.04. The molecule has 0 bridgehead atoms. The van der Waals surface area contributed by atoms with Crippen molar-refractivity contribution in [2.45, 2.75) is 19.0 Å². The third-order valence-corrected chi connectivity index (χ3v) is 5.08. The molecule has 3 aromatic rings. The number of benzene rings is 2. The van der Waals surface area contributed by atoms with E-state index < -0.39 is 0 Å². The number of para-hydroxylation sites is 1. The number of nitrogens with two attached hydrogens (primary N) is 1. The molecule has 0 saturated heterocycles. The van der Waals surface area contributed by atoms with Crippen molar-refractivity contribution in [3.63, 3.8) is 0 Å². The van der Waals surface area contributed by atoms with Gasteiger partial charge in [-0.1, -0.05) is 30.0 Å². The van der Waals surface area contributed by atoms with Crippen LogP contribution in [0.1, 0.15) is 11.1 Å². The van der Waals surface area contributed by atoms with E-state index in [0.717, 1.165) is 16.8 Å². The van der Waals surface area contributed by atoms with Crippen LogP contribution in [0.15, 0.2) is 47.6 Å². The first kappa shape index (κ1) is 18.8. The molecule has 2 aromatic carbocycles. The van der Waals surface area contributed by atoms with E-state index in [1.165, 1.54) is 22.0 Å². The van der Waals surface area contributed by atoms with Gasteiger partial charge in [0.05, 0.1) is 18.4 Å².